The van der Waals surface area contributed by atoms with Gasteiger partial charge in [-0.1, -0.05) is 29.8 Å². The van der Waals surface area contributed by atoms with Crippen molar-refractivity contribution in [2.75, 3.05) is 0 Å². The molecule has 1 heterocycles. The van der Waals surface area contributed by atoms with E-state index in [1.807, 2.05) is 26.0 Å². The van der Waals surface area contributed by atoms with Gasteiger partial charge in [0, 0.05) is 16.5 Å². The number of hydrazine groups is 1. The van der Waals surface area contributed by atoms with E-state index >= 15 is 0 Å². The van der Waals surface area contributed by atoms with Crippen molar-refractivity contribution < 1.29 is 18.4 Å². The Balaban J connectivity index is 1.78. The van der Waals surface area contributed by atoms with Crippen molar-refractivity contribution in [2.45, 2.75) is 20.8 Å². The van der Waals surface area contributed by atoms with Gasteiger partial charge in [0.1, 0.15) is 0 Å². The molecule has 0 saturated carbocycles. The van der Waals surface area contributed by atoms with Crippen molar-refractivity contribution in [2.24, 2.45) is 0 Å². The average Bonchev–Trinajstić information content (AvgIpc) is 2.91. The molecule has 2 aromatic carbocycles. The van der Waals surface area contributed by atoms with Crippen LogP contribution in [0.1, 0.15) is 37.6 Å². The summed E-state index contributed by atoms with van der Waals surface area (Å²) in [7, 11) is 0. The first-order chi connectivity index (χ1) is 11.9. The van der Waals surface area contributed by atoms with E-state index in [0.29, 0.717) is 16.5 Å². The number of aryl methyl sites for hydroxylation is 3. The molecular formula is C19H17FN2O3. The summed E-state index contributed by atoms with van der Waals surface area (Å²) in [5.74, 6) is -1.67. The molecule has 0 bridgehead atoms. The number of para-hydroxylation sites is 1. The van der Waals surface area contributed by atoms with Gasteiger partial charge in [0.2, 0.25) is 0 Å². The van der Waals surface area contributed by atoms with E-state index in [1.165, 1.54) is 6.07 Å². The van der Waals surface area contributed by atoms with Crippen LogP contribution in [-0.4, -0.2) is 11.8 Å². The number of carbonyl (C=O) groups is 2. The van der Waals surface area contributed by atoms with Gasteiger partial charge in [0.15, 0.2) is 17.2 Å². The van der Waals surface area contributed by atoms with Crippen molar-refractivity contribution in [3.8, 4) is 0 Å². The van der Waals surface area contributed by atoms with E-state index in [-0.39, 0.29) is 11.3 Å². The van der Waals surface area contributed by atoms with Crippen LogP contribution in [0.4, 0.5) is 4.39 Å². The Labute approximate surface area is 143 Å². The number of nitrogens with one attached hydrogen (secondary N) is 2. The molecule has 0 atom stereocenters. The second kappa shape index (κ2) is 6.39. The molecule has 3 rings (SSSR count). The molecule has 2 N–H and O–H groups in total. The minimum Gasteiger partial charge on any atom is -0.447 e. The van der Waals surface area contributed by atoms with E-state index in [1.54, 1.807) is 25.1 Å². The predicted molar refractivity (Wildman–Crippen MR) is 91.8 cm³/mol. The summed E-state index contributed by atoms with van der Waals surface area (Å²) in [4.78, 5) is 24.5. The van der Waals surface area contributed by atoms with E-state index in [0.717, 1.165) is 11.1 Å². The molecule has 0 fully saturated rings. The minimum atomic E-state index is -0.647. The molecule has 1 aromatic heterocycles. The van der Waals surface area contributed by atoms with Crippen molar-refractivity contribution in [1.29, 1.82) is 0 Å². The van der Waals surface area contributed by atoms with Gasteiger partial charge in [-0.15, -0.1) is 0 Å². The molecule has 0 aliphatic rings. The topological polar surface area (TPSA) is 71.3 Å². The first-order valence-electron chi connectivity index (χ1n) is 7.74. The summed E-state index contributed by atoms with van der Waals surface area (Å²) >= 11 is 0. The number of fused-ring (bicyclic) bond motifs is 1. The Bertz CT molecular complexity index is 992. The minimum absolute atomic E-state index is 0.0193. The monoisotopic (exact) mass is 340 g/mol. The van der Waals surface area contributed by atoms with E-state index in [9.17, 15) is 14.0 Å². The maximum Gasteiger partial charge on any atom is 0.305 e. The number of halogens is 1. The van der Waals surface area contributed by atoms with Crippen LogP contribution in [0.25, 0.3) is 11.0 Å². The summed E-state index contributed by atoms with van der Waals surface area (Å²) in [5, 5.41) is 0.519. The number of carbonyl (C=O) groups excluding carboxylic acids is 2. The molecule has 0 aliphatic carbocycles. The lowest BCUT2D eigenvalue weighted by molar-refractivity contribution is 0.0831. The molecule has 5 nitrogen and oxygen atoms in total. The fourth-order valence-corrected chi connectivity index (χ4v) is 2.73. The number of hydrogen-bond donors (Lipinski definition) is 2. The number of benzene rings is 2. The Morgan fingerprint density at radius 1 is 1.00 bits per heavy atom. The molecule has 128 valence electrons. The van der Waals surface area contributed by atoms with Gasteiger partial charge in [-0.2, -0.15) is 0 Å². The Kier molecular flexibility index (Phi) is 4.27. The largest absolute Gasteiger partial charge is 0.447 e. The quantitative estimate of drug-likeness (QED) is 0.701. The number of hydrogen-bond acceptors (Lipinski definition) is 3. The van der Waals surface area contributed by atoms with Crippen molar-refractivity contribution >= 4 is 22.8 Å². The van der Waals surface area contributed by atoms with Gasteiger partial charge in [0.25, 0.3) is 5.91 Å². The van der Waals surface area contributed by atoms with E-state index < -0.39 is 17.6 Å². The van der Waals surface area contributed by atoms with Gasteiger partial charge >= 0.3 is 5.91 Å². The number of amides is 2. The predicted octanol–water partition coefficient (Wildman–Crippen LogP) is 3.57. The van der Waals surface area contributed by atoms with Crippen molar-refractivity contribution in [1.82, 2.24) is 10.9 Å². The highest BCUT2D eigenvalue weighted by atomic mass is 19.1. The van der Waals surface area contributed by atoms with Crippen LogP contribution in [0, 0.1) is 26.6 Å². The molecular weight excluding hydrogens is 323 g/mol. The smallest absolute Gasteiger partial charge is 0.305 e. The van der Waals surface area contributed by atoms with Crippen molar-refractivity contribution in [3.63, 3.8) is 0 Å². The standard InChI is InChI=1S/C19H17FN2O3/c1-10-7-8-13(11(2)9-10)18(23)21-22-19(24)16-12(3)14-5-4-6-15(20)17(14)25-16/h4-9H,1-3H3,(H,21,23)(H,22,24). The molecule has 6 heteroatoms. The molecule has 0 unspecified atom stereocenters. The van der Waals surface area contributed by atoms with Crippen LogP contribution in [0.3, 0.4) is 0 Å². The summed E-state index contributed by atoms with van der Waals surface area (Å²) in [6.07, 6.45) is 0. The van der Waals surface area contributed by atoms with Gasteiger partial charge in [-0.25, -0.2) is 4.39 Å². The zero-order valence-electron chi connectivity index (χ0n) is 14.1. The summed E-state index contributed by atoms with van der Waals surface area (Å²) < 4.78 is 19.1. The summed E-state index contributed by atoms with van der Waals surface area (Å²) in [5.41, 5.74) is 7.48. The van der Waals surface area contributed by atoms with Crippen LogP contribution >= 0.6 is 0 Å². The molecule has 25 heavy (non-hydrogen) atoms. The molecule has 0 aliphatic heterocycles. The average molecular weight is 340 g/mol. The summed E-state index contributed by atoms with van der Waals surface area (Å²) in [6.45, 7) is 5.40. The fourth-order valence-electron chi connectivity index (χ4n) is 2.73. The molecule has 0 radical (unpaired) electrons. The third-order valence-electron chi connectivity index (χ3n) is 4.04. The van der Waals surface area contributed by atoms with E-state index in [2.05, 4.69) is 10.9 Å². The molecule has 0 spiro atoms. The van der Waals surface area contributed by atoms with Gasteiger partial charge in [-0.05, 0) is 38.5 Å². The second-order valence-electron chi connectivity index (χ2n) is 5.90. The van der Waals surface area contributed by atoms with Crippen molar-refractivity contribution in [3.05, 3.63) is 70.2 Å². The Hall–Kier alpha value is -3.15. The first kappa shape index (κ1) is 16.7. The zero-order valence-corrected chi connectivity index (χ0v) is 14.1. The van der Waals surface area contributed by atoms with Crippen LogP contribution in [0.5, 0.6) is 0 Å². The second-order valence-corrected chi connectivity index (χ2v) is 5.90. The lowest BCUT2D eigenvalue weighted by atomic mass is 10.1. The fraction of sp³-hybridized carbons (Fsp3) is 0.158. The van der Waals surface area contributed by atoms with Crippen LogP contribution in [0.15, 0.2) is 40.8 Å². The lowest BCUT2D eigenvalue weighted by Crippen LogP contribution is -2.42. The Morgan fingerprint density at radius 3 is 2.40 bits per heavy atom. The first-order valence-corrected chi connectivity index (χ1v) is 7.74. The maximum absolute atomic E-state index is 13.8. The molecule has 2 amide bonds. The summed E-state index contributed by atoms with van der Waals surface area (Å²) in [6, 6.07) is 9.85. The lowest BCUT2D eigenvalue weighted by Gasteiger charge is -2.09. The van der Waals surface area contributed by atoms with Gasteiger partial charge < -0.3 is 4.42 Å². The highest BCUT2D eigenvalue weighted by Crippen LogP contribution is 2.27. The third kappa shape index (κ3) is 3.10. The van der Waals surface area contributed by atoms with Crippen LogP contribution < -0.4 is 10.9 Å². The van der Waals surface area contributed by atoms with Crippen LogP contribution in [0.2, 0.25) is 0 Å². The highest BCUT2D eigenvalue weighted by molar-refractivity contribution is 6.01. The SMILES string of the molecule is Cc1ccc(C(=O)NNC(=O)c2oc3c(F)cccc3c2C)c(C)c1. The van der Waals surface area contributed by atoms with Gasteiger partial charge in [-0.3, -0.25) is 20.4 Å². The zero-order chi connectivity index (χ0) is 18.1. The molecule has 3 aromatic rings. The molecule has 0 saturated heterocycles. The normalized spacial score (nSPS) is 10.7. The number of rotatable bonds is 2. The highest BCUT2D eigenvalue weighted by Gasteiger charge is 2.20. The van der Waals surface area contributed by atoms with E-state index in [4.69, 9.17) is 4.42 Å². The Morgan fingerprint density at radius 2 is 1.72 bits per heavy atom. The van der Waals surface area contributed by atoms with Crippen LogP contribution in [-0.2, 0) is 0 Å². The maximum atomic E-state index is 13.8. The third-order valence-corrected chi connectivity index (χ3v) is 4.04. The van der Waals surface area contributed by atoms with Gasteiger partial charge in [0.05, 0.1) is 0 Å². The number of furan rings is 1.